The molecule has 114 valence electrons. The van der Waals surface area contributed by atoms with E-state index in [4.69, 9.17) is 0 Å². The zero-order valence-corrected chi connectivity index (χ0v) is 12.8. The first kappa shape index (κ1) is 14.3. The second-order valence-electron chi connectivity index (χ2n) is 7.16. The van der Waals surface area contributed by atoms with Crippen molar-refractivity contribution in [3.63, 3.8) is 0 Å². The molecule has 0 aromatic carbocycles. The van der Waals surface area contributed by atoms with Crippen LogP contribution in [0.4, 0.5) is 0 Å². The molecule has 1 amide bonds. The quantitative estimate of drug-likeness (QED) is 0.765. The molecular formula is C16H29N3O. The smallest absolute Gasteiger partial charge is 0.241 e. The van der Waals surface area contributed by atoms with Gasteiger partial charge < -0.3 is 15.5 Å². The molecule has 2 N–H and O–H groups in total. The van der Waals surface area contributed by atoms with E-state index in [1.807, 2.05) is 0 Å². The van der Waals surface area contributed by atoms with Crippen molar-refractivity contribution in [1.29, 1.82) is 0 Å². The Balaban J connectivity index is 1.51. The standard InChI is InChI=1S/C16H29N3O/c1-13-11-18-14(12-17-13)15(20)19-9-7-16(8-10-19)5-3-2-4-6-16/h13-14,17-18H,2-12H2,1H3. The molecule has 1 saturated carbocycles. The number of piperidine rings is 1. The van der Waals surface area contributed by atoms with Gasteiger partial charge in [0.15, 0.2) is 0 Å². The zero-order valence-electron chi connectivity index (χ0n) is 12.8. The second-order valence-corrected chi connectivity index (χ2v) is 7.16. The van der Waals surface area contributed by atoms with Crippen molar-refractivity contribution < 1.29 is 4.79 Å². The molecule has 3 aliphatic rings. The maximum absolute atomic E-state index is 12.6. The van der Waals surface area contributed by atoms with Crippen molar-refractivity contribution >= 4 is 5.91 Å². The van der Waals surface area contributed by atoms with Gasteiger partial charge in [0, 0.05) is 32.2 Å². The maximum Gasteiger partial charge on any atom is 0.241 e. The lowest BCUT2D eigenvalue weighted by molar-refractivity contribution is -0.136. The summed E-state index contributed by atoms with van der Waals surface area (Å²) in [7, 11) is 0. The van der Waals surface area contributed by atoms with E-state index in [9.17, 15) is 4.79 Å². The van der Waals surface area contributed by atoms with E-state index in [2.05, 4.69) is 22.5 Å². The summed E-state index contributed by atoms with van der Waals surface area (Å²) < 4.78 is 0. The van der Waals surface area contributed by atoms with E-state index < -0.39 is 0 Å². The highest BCUT2D eigenvalue weighted by atomic mass is 16.2. The van der Waals surface area contributed by atoms with Crippen LogP contribution in [0.25, 0.3) is 0 Å². The highest BCUT2D eigenvalue weighted by molar-refractivity contribution is 5.82. The van der Waals surface area contributed by atoms with Crippen LogP contribution in [0, 0.1) is 5.41 Å². The van der Waals surface area contributed by atoms with Gasteiger partial charge in [-0.2, -0.15) is 0 Å². The number of nitrogens with zero attached hydrogens (tertiary/aromatic N) is 1. The largest absolute Gasteiger partial charge is 0.341 e. The van der Waals surface area contributed by atoms with Crippen LogP contribution in [0.1, 0.15) is 51.9 Å². The van der Waals surface area contributed by atoms with Crippen LogP contribution in [0.15, 0.2) is 0 Å². The fourth-order valence-corrected chi connectivity index (χ4v) is 4.18. The van der Waals surface area contributed by atoms with Crippen molar-refractivity contribution in [2.75, 3.05) is 26.2 Å². The van der Waals surface area contributed by atoms with Crippen molar-refractivity contribution in [3.05, 3.63) is 0 Å². The number of hydrogen-bond acceptors (Lipinski definition) is 3. The van der Waals surface area contributed by atoms with Crippen LogP contribution < -0.4 is 10.6 Å². The molecule has 3 rings (SSSR count). The van der Waals surface area contributed by atoms with Crippen molar-refractivity contribution in [2.24, 2.45) is 5.41 Å². The first-order valence-electron chi connectivity index (χ1n) is 8.44. The van der Waals surface area contributed by atoms with Gasteiger partial charge in [-0.25, -0.2) is 0 Å². The minimum atomic E-state index is -0.00777. The number of carbonyl (C=O) groups excluding carboxylic acids is 1. The van der Waals surface area contributed by atoms with Crippen LogP contribution in [-0.4, -0.2) is 49.1 Å². The lowest BCUT2D eigenvalue weighted by Crippen LogP contribution is -2.60. The van der Waals surface area contributed by atoms with Crippen LogP contribution in [0.3, 0.4) is 0 Å². The summed E-state index contributed by atoms with van der Waals surface area (Å²) in [5.74, 6) is 0.315. The Kier molecular flexibility index (Phi) is 4.32. The molecule has 2 unspecified atom stereocenters. The predicted molar refractivity (Wildman–Crippen MR) is 80.6 cm³/mol. The van der Waals surface area contributed by atoms with Crippen molar-refractivity contribution in [2.45, 2.75) is 64.0 Å². The Morgan fingerprint density at radius 3 is 2.30 bits per heavy atom. The first-order chi connectivity index (χ1) is 9.69. The number of carbonyl (C=O) groups is 1. The Morgan fingerprint density at radius 1 is 1.00 bits per heavy atom. The summed E-state index contributed by atoms with van der Waals surface area (Å²) >= 11 is 0. The predicted octanol–water partition coefficient (Wildman–Crippen LogP) is 1.51. The molecule has 0 bridgehead atoms. The molecular weight excluding hydrogens is 250 g/mol. The summed E-state index contributed by atoms with van der Waals surface area (Å²) in [5.41, 5.74) is 0.585. The molecule has 1 aliphatic carbocycles. The molecule has 4 nitrogen and oxygen atoms in total. The van der Waals surface area contributed by atoms with Gasteiger partial charge in [0.05, 0.1) is 6.04 Å². The van der Waals surface area contributed by atoms with Crippen LogP contribution in [-0.2, 0) is 4.79 Å². The van der Waals surface area contributed by atoms with Gasteiger partial charge >= 0.3 is 0 Å². The van der Waals surface area contributed by atoms with Gasteiger partial charge in [0.1, 0.15) is 0 Å². The summed E-state index contributed by atoms with van der Waals surface area (Å²) in [4.78, 5) is 14.7. The fraction of sp³-hybridized carbons (Fsp3) is 0.938. The lowest BCUT2D eigenvalue weighted by Gasteiger charge is -2.45. The van der Waals surface area contributed by atoms with E-state index in [-0.39, 0.29) is 6.04 Å². The average molecular weight is 279 g/mol. The van der Waals surface area contributed by atoms with Gasteiger partial charge in [0.25, 0.3) is 0 Å². The number of hydrogen-bond donors (Lipinski definition) is 2. The zero-order chi connectivity index (χ0) is 14.0. The molecule has 2 saturated heterocycles. The fourth-order valence-electron chi connectivity index (χ4n) is 4.18. The Hall–Kier alpha value is -0.610. The third-order valence-electron chi connectivity index (χ3n) is 5.69. The van der Waals surface area contributed by atoms with Crippen LogP contribution in [0.5, 0.6) is 0 Å². The molecule has 20 heavy (non-hydrogen) atoms. The molecule has 3 fully saturated rings. The average Bonchev–Trinajstić information content (AvgIpc) is 2.49. The lowest BCUT2D eigenvalue weighted by atomic mass is 9.68. The van der Waals surface area contributed by atoms with Gasteiger partial charge in [-0.1, -0.05) is 19.3 Å². The molecule has 2 heterocycles. The van der Waals surface area contributed by atoms with E-state index in [0.717, 1.165) is 26.2 Å². The SMILES string of the molecule is CC1CNC(C(=O)N2CCC3(CCCCC3)CC2)CN1. The number of nitrogens with one attached hydrogen (secondary N) is 2. The Labute approximate surface area is 122 Å². The third-order valence-corrected chi connectivity index (χ3v) is 5.69. The van der Waals surface area contributed by atoms with Crippen LogP contribution in [0.2, 0.25) is 0 Å². The van der Waals surface area contributed by atoms with E-state index >= 15 is 0 Å². The summed E-state index contributed by atoms with van der Waals surface area (Å²) in [6.07, 6.45) is 9.48. The molecule has 0 aromatic rings. The Bertz CT molecular complexity index is 334. The third kappa shape index (κ3) is 3.01. The second kappa shape index (κ2) is 6.02. The first-order valence-corrected chi connectivity index (χ1v) is 8.44. The van der Waals surface area contributed by atoms with Crippen LogP contribution >= 0.6 is 0 Å². The summed E-state index contributed by atoms with van der Waals surface area (Å²) in [6.45, 7) is 5.79. The van der Waals surface area contributed by atoms with E-state index in [1.54, 1.807) is 0 Å². The Morgan fingerprint density at radius 2 is 1.70 bits per heavy atom. The molecule has 0 radical (unpaired) electrons. The normalized spacial score (nSPS) is 34.1. The molecule has 1 spiro atoms. The minimum absolute atomic E-state index is 0.00777. The molecule has 2 aliphatic heterocycles. The van der Waals surface area contributed by atoms with Gasteiger partial charge in [-0.3, -0.25) is 4.79 Å². The van der Waals surface area contributed by atoms with E-state index in [1.165, 1.54) is 44.9 Å². The number of rotatable bonds is 1. The maximum atomic E-state index is 12.6. The molecule has 0 aromatic heterocycles. The van der Waals surface area contributed by atoms with Gasteiger partial charge in [-0.15, -0.1) is 0 Å². The van der Waals surface area contributed by atoms with Gasteiger partial charge in [-0.05, 0) is 38.0 Å². The topological polar surface area (TPSA) is 44.4 Å². The number of likely N-dealkylation sites (tertiary alicyclic amines) is 1. The minimum Gasteiger partial charge on any atom is -0.341 e. The van der Waals surface area contributed by atoms with Gasteiger partial charge in [0.2, 0.25) is 5.91 Å². The number of piperazine rings is 1. The number of amides is 1. The van der Waals surface area contributed by atoms with Crippen molar-refractivity contribution in [3.8, 4) is 0 Å². The monoisotopic (exact) mass is 279 g/mol. The molecule has 4 heteroatoms. The summed E-state index contributed by atoms with van der Waals surface area (Å²) in [6, 6.07) is 0.470. The molecule has 2 atom stereocenters. The van der Waals surface area contributed by atoms with E-state index in [0.29, 0.717) is 17.4 Å². The highest BCUT2D eigenvalue weighted by Crippen LogP contribution is 2.44. The van der Waals surface area contributed by atoms with Crippen molar-refractivity contribution in [1.82, 2.24) is 15.5 Å². The highest BCUT2D eigenvalue weighted by Gasteiger charge is 2.38. The summed E-state index contributed by atoms with van der Waals surface area (Å²) in [5, 5.41) is 6.78.